The Balaban J connectivity index is 2.00. The maximum absolute atomic E-state index is 11.4. The average Bonchev–Trinajstić information content (AvgIpc) is 2.47. The van der Waals surface area contributed by atoms with E-state index in [1.54, 1.807) is 0 Å². The van der Waals surface area contributed by atoms with E-state index in [1.807, 2.05) is 13.8 Å². The van der Waals surface area contributed by atoms with Crippen molar-refractivity contribution in [1.82, 2.24) is 5.32 Å². The first kappa shape index (κ1) is 14.9. The Hall–Kier alpha value is -1.51. The highest BCUT2D eigenvalue weighted by Gasteiger charge is 2.16. The SMILES string of the molecule is CCC(=O)NC(C)c1ccc(N2CCCC(C)C2)cc1. The molecule has 3 nitrogen and oxygen atoms in total. The Morgan fingerprint density at radius 2 is 2.10 bits per heavy atom. The molecule has 2 rings (SSSR count). The van der Waals surface area contributed by atoms with Crippen molar-refractivity contribution in [1.29, 1.82) is 0 Å². The highest BCUT2D eigenvalue weighted by atomic mass is 16.1. The number of hydrogen-bond donors (Lipinski definition) is 1. The van der Waals surface area contributed by atoms with E-state index in [1.165, 1.54) is 24.1 Å². The number of benzene rings is 1. The van der Waals surface area contributed by atoms with Crippen LogP contribution in [0, 0.1) is 5.92 Å². The van der Waals surface area contributed by atoms with Gasteiger partial charge >= 0.3 is 0 Å². The summed E-state index contributed by atoms with van der Waals surface area (Å²) in [6.45, 7) is 8.55. The molecule has 2 atom stereocenters. The van der Waals surface area contributed by atoms with E-state index in [9.17, 15) is 4.79 Å². The van der Waals surface area contributed by atoms with Crippen LogP contribution in [0.1, 0.15) is 51.6 Å². The zero-order chi connectivity index (χ0) is 14.5. The maximum atomic E-state index is 11.4. The third-order valence-electron chi connectivity index (χ3n) is 4.11. The minimum atomic E-state index is 0.0804. The molecule has 0 radical (unpaired) electrons. The largest absolute Gasteiger partial charge is 0.371 e. The summed E-state index contributed by atoms with van der Waals surface area (Å²) in [6.07, 6.45) is 3.16. The molecule has 0 aromatic heterocycles. The van der Waals surface area contributed by atoms with Crippen LogP contribution in [0.2, 0.25) is 0 Å². The second-order valence-electron chi connectivity index (χ2n) is 5.93. The second kappa shape index (κ2) is 6.78. The van der Waals surface area contributed by atoms with Crippen molar-refractivity contribution in [3.05, 3.63) is 29.8 Å². The fourth-order valence-corrected chi connectivity index (χ4v) is 2.82. The number of nitrogens with zero attached hydrogens (tertiary/aromatic N) is 1. The molecule has 1 aliphatic heterocycles. The number of carbonyl (C=O) groups is 1. The number of nitrogens with one attached hydrogen (secondary N) is 1. The van der Waals surface area contributed by atoms with Gasteiger partial charge in [0, 0.05) is 25.2 Å². The predicted octanol–water partition coefficient (Wildman–Crippen LogP) is 3.51. The summed E-state index contributed by atoms with van der Waals surface area (Å²) < 4.78 is 0. The minimum absolute atomic E-state index is 0.0804. The van der Waals surface area contributed by atoms with Gasteiger partial charge in [0.15, 0.2) is 0 Å². The van der Waals surface area contributed by atoms with E-state index >= 15 is 0 Å². The van der Waals surface area contributed by atoms with E-state index in [2.05, 4.69) is 41.4 Å². The first-order valence-corrected chi connectivity index (χ1v) is 7.74. The summed E-state index contributed by atoms with van der Waals surface area (Å²) in [5, 5.41) is 3.00. The second-order valence-corrected chi connectivity index (χ2v) is 5.93. The summed E-state index contributed by atoms with van der Waals surface area (Å²) in [5.74, 6) is 0.887. The minimum Gasteiger partial charge on any atom is -0.371 e. The molecule has 1 amide bonds. The average molecular weight is 274 g/mol. The van der Waals surface area contributed by atoms with Gasteiger partial charge in [-0.1, -0.05) is 26.0 Å². The lowest BCUT2D eigenvalue weighted by atomic mass is 9.99. The monoisotopic (exact) mass is 274 g/mol. The highest BCUT2D eigenvalue weighted by Crippen LogP contribution is 2.24. The summed E-state index contributed by atoms with van der Waals surface area (Å²) in [5.41, 5.74) is 2.47. The molecule has 20 heavy (non-hydrogen) atoms. The summed E-state index contributed by atoms with van der Waals surface area (Å²) in [4.78, 5) is 13.9. The standard InChI is InChI=1S/C17H26N2O/c1-4-17(20)18-14(3)15-7-9-16(10-8-15)19-11-5-6-13(2)12-19/h7-10,13-14H,4-6,11-12H2,1-3H3,(H,18,20). The van der Waals surface area contributed by atoms with Gasteiger partial charge in [-0.05, 0) is 43.4 Å². The van der Waals surface area contributed by atoms with Crippen LogP contribution < -0.4 is 10.2 Å². The number of rotatable bonds is 4. The number of hydrogen-bond acceptors (Lipinski definition) is 2. The van der Waals surface area contributed by atoms with Gasteiger partial charge in [0.05, 0.1) is 6.04 Å². The lowest BCUT2D eigenvalue weighted by molar-refractivity contribution is -0.121. The van der Waals surface area contributed by atoms with Gasteiger partial charge in [-0.25, -0.2) is 0 Å². The molecule has 0 saturated carbocycles. The van der Waals surface area contributed by atoms with Crippen LogP contribution in [-0.2, 0) is 4.79 Å². The van der Waals surface area contributed by atoms with E-state index < -0.39 is 0 Å². The molecule has 3 heteroatoms. The molecule has 0 aliphatic carbocycles. The fourth-order valence-electron chi connectivity index (χ4n) is 2.82. The summed E-state index contributed by atoms with van der Waals surface area (Å²) in [6, 6.07) is 8.71. The maximum Gasteiger partial charge on any atom is 0.220 e. The van der Waals surface area contributed by atoms with Crippen molar-refractivity contribution in [2.24, 2.45) is 5.92 Å². The van der Waals surface area contributed by atoms with Gasteiger partial charge in [-0.15, -0.1) is 0 Å². The van der Waals surface area contributed by atoms with Gasteiger partial charge in [-0.2, -0.15) is 0 Å². The first-order chi connectivity index (χ1) is 9.60. The quantitative estimate of drug-likeness (QED) is 0.911. The molecule has 1 aromatic rings. The molecule has 1 aliphatic rings. The van der Waals surface area contributed by atoms with Crippen LogP contribution in [0.5, 0.6) is 0 Å². The number of anilines is 1. The summed E-state index contributed by atoms with van der Waals surface area (Å²) in [7, 11) is 0. The molecule has 1 heterocycles. The Bertz CT molecular complexity index is 441. The van der Waals surface area contributed by atoms with Gasteiger partial charge in [0.2, 0.25) is 5.91 Å². The number of carbonyl (C=O) groups excluding carboxylic acids is 1. The van der Waals surface area contributed by atoms with Crippen molar-refractivity contribution >= 4 is 11.6 Å². The lowest BCUT2D eigenvalue weighted by Crippen LogP contribution is -2.34. The van der Waals surface area contributed by atoms with Gasteiger partial charge < -0.3 is 10.2 Å². The topological polar surface area (TPSA) is 32.3 Å². The molecule has 1 fully saturated rings. The van der Waals surface area contributed by atoms with Gasteiger partial charge in [0.25, 0.3) is 0 Å². The van der Waals surface area contributed by atoms with Gasteiger partial charge in [-0.3, -0.25) is 4.79 Å². The van der Waals surface area contributed by atoms with E-state index in [-0.39, 0.29) is 11.9 Å². The Morgan fingerprint density at radius 3 is 2.70 bits per heavy atom. The molecule has 0 bridgehead atoms. The molecule has 110 valence electrons. The normalized spacial score (nSPS) is 20.6. The van der Waals surface area contributed by atoms with Crippen molar-refractivity contribution < 1.29 is 4.79 Å². The third kappa shape index (κ3) is 3.75. The molecular weight excluding hydrogens is 248 g/mol. The Morgan fingerprint density at radius 1 is 1.40 bits per heavy atom. The molecular formula is C17H26N2O. The van der Waals surface area contributed by atoms with Crippen molar-refractivity contribution in [3.8, 4) is 0 Å². The number of piperidine rings is 1. The third-order valence-corrected chi connectivity index (χ3v) is 4.11. The van der Waals surface area contributed by atoms with Crippen LogP contribution in [0.3, 0.4) is 0 Å². The summed E-state index contributed by atoms with van der Waals surface area (Å²) >= 11 is 0. The molecule has 1 N–H and O–H groups in total. The predicted molar refractivity (Wildman–Crippen MR) is 83.9 cm³/mol. The van der Waals surface area contributed by atoms with Crippen LogP contribution in [0.4, 0.5) is 5.69 Å². The number of amides is 1. The van der Waals surface area contributed by atoms with Crippen LogP contribution in [0.15, 0.2) is 24.3 Å². The van der Waals surface area contributed by atoms with Crippen LogP contribution in [-0.4, -0.2) is 19.0 Å². The van der Waals surface area contributed by atoms with E-state index in [0.29, 0.717) is 6.42 Å². The first-order valence-electron chi connectivity index (χ1n) is 7.74. The Kier molecular flexibility index (Phi) is 5.05. The van der Waals surface area contributed by atoms with Gasteiger partial charge in [0.1, 0.15) is 0 Å². The van der Waals surface area contributed by atoms with E-state index in [4.69, 9.17) is 0 Å². The Labute approximate surface area is 122 Å². The van der Waals surface area contributed by atoms with E-state index in [0.717, 1.165) is 19.0 Å². The van der Waals surface area contributed by atoms with Crippen molar-refractivity contribution in [3.63, 3.8) is 0 Å². The molecule has 0 spiro atoms. The molecule has 1 saturated heterocycles. The molecule has 1 aromatic carbocycles. The fraction of sp³-hybridized carbons (Fsp3) is 0.588. The molecule has 2 unspecified atom stereocenters. The van der Waals surface area contributed by atoms with Crippen molar-refractivity contribution in [2.75, 3.05) is 18.0 Å². The smallest absolute Gasteiger partial charge is 0.220 e. The van der Waals surface area contributed by atoms with Crippen LogP contribution in [0.25, 0.3) is 0 Å². The van der Waals surface area contributed by atoms with Crippen molar-refractivity contribution in [2.45, 2.75) is 46.1 Å². The van der Waals surface area contributed by atoms with Crippen LogP contribution >= 0.6 is 0 Å². The zero-order valence-electron chi connectivity index (χ0n) is 12.9. The lowest BCUT2D eigenvalue weighted by Gasteiger charge is -2.33. The zero-order valence-corrected chi connectivity index (χ0v) is 12.9. The highest BCUT2D eigenvalue weighted by molar-refractivity contribution is 5.76.